The Morgan fingerprint density at radius 1 is 0.333 bits per heavy atom. The summed E-state index contributed by atoms with van der Waals surface area (Å²) in [6, 6.07) is 51.2. The van der Waals surface area contributed by atoms with Crippen LogP contribution in [-0.4, -0.2) is 77.5 Å². The molecule has 0 aliphatic rings. The third kappa shape index (κ3) is 23.5. The summed E-state index contributed by atoms with van der Waals surface area (Å²) in [6.07, 6.45) is 6.93. The average Bonchev–Trinajstić information content (AvgIpc) is 0.766. The fourth-order valence-electron chi connectivity index (χ4n) is 11.4. The van der Waals surface area contributed by atoms with Crippen molar-refractivity contribution in [1.29, 1.82) is 0 Å². The number of aromatic nitrogens is 6. The summed E-state index contributed by atoms with van der Waals surface area (Å²) >= 11 is 19.1. The van der Waals surface area contributed by atoms with Crippen molar-refractivity contribution in [2.45, 2.75) is 94.1 Å². The summed E-state index contributed by atoms with van der Waals surface area (Å²) in [6.45, 7) is 25.9. The van der Waals surface area contributed by atoms with Crippen LogP contribution in [0.1, 0.15) is 77.9 Å². The molecule has 0 saturated heterocycles. The minimum atomic E-state index is -6.09. The van der Waals surface area contributed by atoms with Gasteiger partial charge in [0.2, 0.25) is 0 Å². The van der Waals surface area contributed by atoms with E-state index in [0.29, 0.717) is 0 Å². The Kier molecular flexibility index (Phi) is 32.6. The number of rotatable bonds is 4. The predicted octanol–water partition coefficient (Wildman–Crippen LogP) is 20.8. The van der Waals surface area contributed by atoms with E-state index in [-0.39, 0.29) is 44.8 Å². The standard InChI is InChI=1S/2C30H28N2.C12H8N2.2CH2Cl2.2CHF3O3S.2Cu/c2*1-17-13-19(3)27(20(4)14-17)25-11-9-23-7-8-24-10-12-26(32-30(24)29(23)31-25)28-21(5)15-18(2)16-22(28)6;1(11-3-7-13-8-4-11)2-12-5-9-14-10-6-12;2*2-1-3;2*2-1(3,4)8(5,6)7;;/h2*7-16H,1-6H3;3-10H;2*1H2;2*(H,5,6,7);;/q;;;;;;;2*+1/p-2. The predicted molar refractivity (Wildman–Crippen MR) is 392 cm³/mol. The van der Waals surface area contributed by atoms with Gasteiger partial charge in [0.25, 0.3) is 0 Å². The van der Waals surface area contributed by atoms with Crippen molar-refractivity contribution < 1.29 is 86.4 Å². The summed E-state index contributed by atoms with van der Waals surface area (Å²) in [5.74, 6) is 6.09. The van der Waals surface area contributed by atoms with Crippen LogP contribution < -0.4 is 0 Å². The van der Waals surface area contributed by atoms with Crippen LogP contribution in [-0.2, 0) is 54.4 Å². The molecule has 6 aromatic carbocycles. The van der Waals surface area contributed by atoms with Crippen molar-refractivity contribution in [3.63, 3.8) is 0 Å². The summed E-state index contributed by atoms with van der Waals surface area (Å²) in [5.41, 5.74) is 18.6. The number of hydrogen-bond acceptors (Lipinski definition) is 12. The fraction of sp³-hybridized carbons (Fsp3) is 0.211. The second kappa shape index (κ2) is 38.3. The summed E-state index contributed by atoms with van der Waals surface area (Å²) < 4.78 is 118. The van der Waals surface area contributed by atoms with E-state index in [9.17, 15) is 26.3 Å². The van der Waals surface area contributed by atoms with Gasteiger partial charge in [-0.1, -0.05) is 131 Å². The van der Waals surface area contributed by atoms with Crippen LogP contribution in [0.3, 0.4) is 0 Å². The van der Waals surface area contributed by atoms with Crippen molar-refractivity contribution in [3.8, 4) is 56.9 Å². The molecule has 0 radical (unpaired) electrons. The molecule has 12 rings (SSSR count). The van der Waals surface area contributed by atoms with Crippen LogP contribution in [0.15, 0.2) is 170 Å². The molecular weight excluding hydrogens is 1540 g/mol. The van der Waals surface area contributed by atoms with Crippen molar-refractivity contribution in [2.24, 2.45) is 0 Å². The fourth-order valence-corrected chi connectivity index (χ4v) is 11.4. The van der Waals surface area contributed by atoms with Gasteiger partial charge in [-0.25, -0.2) is 36.8 Å². The summed E-state index contributed by atoms with van der Waals surface area (Å²) in [5, 5.41) is 4.85. The van der Waals surface area contributed by atoms with Crippen LogP contribution in [0.25, 0.3) is 88.6 Å². The van der Waals surface area contributed by atoms with Gasteiger partial charge in [-0.15, -0.1) is 46.4 Å². The first-order chi connectivity index (χ1) is 46.9. The van der Waals surface area contributed by atoms with Gasteiger partial charge in [-0.2, -0.15) is 26.3 Å². The molecule has 6 heterocycles. The zero-order valence-corrected chi connectivity index (χ0v) is 63.5. The number of benzene rings is 6. The molecule has 102 heavy (non-hydrogen) atoms. The van der Waals surface area contributed by atoms with E-state index in [4.69, 9.17) is 92.3 Å². The van der Waals surface area contributed by atoms with Gasteiger partial charge in [-0.05, 0) is 176 Å². The minimum Gasteiger partial charge on any atom is -0.741 e. The van der Waals surface area contributed by atoms with Crippen molar-refractivity contribution in [2.75, 3.05) is 10.7 Å². The van der Waals surface area contributed by atoms with Crippen molar-refractivity contribution in [1.82, 2.24) is 29.9 Å². The number of pyridine rings is 6. The largest absolute Gasteiger partial charge is 1.00 e. The molecule has 0 aliphatic carbocycles. The first-order valence-electron chi connectivity index (χ1n) is 30.3. The van der Waals surface area contributed by atoms with Crippen LogP contribution in [0, 0.1) is 94.9 Å². The van der Waals surface area contributed by atoms with Crippen LogP contribution in [0.4, 0.5) is 26.3 Å². The summed E-state index contributed by atoms with van der Waals surface area (Å²) in [7, 11) is -12.2. The number of halogens is 10. The minimum absolute atomic E-state index is 0. The Morgan fingerprint density at radius 2 is 0.490 bits per heavy atom. The molecule has 0 bridgehead atoms. The number of hydrogen-bond donors (Lipinski definition) is 0. The Balaban J connectivity index is 0.000000292. The quantitative estimate of drug-likeness (QED) is 0.0308. The molecule has 0 aliphatic heterocycles. The van der Waals surface area contributed by atoms with Gasteiger partial charge >= 0.3 is 45.2 Å². The smallest absolute Gasteiger partial charge is 0.741 e. The molecule has 6 aromatic heterocycles. The Morgan fingerprint density at radius 3 is 0.647 bits per heavy atom. The SMILES string of the molecule is C(#Cc1ccncc1)c1ccncc1.Cc1cc(C)c(-c2ccc3ccc4ccc(-c5c(C)cc(C)cc5C)nc4c3n2)c(C)c1.Cc1cc(C)c(-c2ccc3ccc4ccc(-c5c(C)cc(C)cc5C)nc4c3n2)c(C)c1.ClCCl.ClCCl.O=S(=O)([O-])C(F)(F)F.O=S(=O)([O-])C(F)(F)F.[Cu+].[Cu+]. The van der Waals surface area contributed by atoms with Gasteiger partial charge in [0.1, 0.15) is 0 Å². The molecule has 0 N–H and O–H groups in total. The summed E-state index contributed by atoms with van der Waals surface area (Å²) in [4.78, 5) is 28.5. The van der Waals surface area contributed by atoms with Gasteiger partial charge in [-0.3, -0.25) is 9.97 Å². The monoisotopic (exact) mass is 1600 g/mol. The normalized spacial score (nSPS) is 10.9. The zero-order valence-electron chi connectivity index (χ0n) is 56.9. The first kappa shape index (κ1) is 86.8. The molecule has 12 aromatic rings. The molecule has 0 spiro atoms. The average molecular weight is 1610 g/mol. The second-order valence-corrected chi connectivity index (χ2v) is 27.4. The van der Waals surface area contributed by atoms with Crippen LogP contribution in [0.2, 0.25) is 0 Å². The molecule has 26 heteroatoms. The van der Waals surface area contributed by atoms with E-state index in [1.807, 2.05) is 24.3 Å². The molecule has 0 fully saturated rings. The number of alkyl halides is 10. The third-order valence-corrected chi connectivity index (χ3v) is 16.2. The Labute approximate surface area is 631 Å². The second-order valence-electron chi connectivity index (χ2n) is 23.0. The topological polar surface area (TPSA) is 192 Å². The molecule has 542 valence electrons. The van der Waals surface area contributed by atoms with Gasteiger partial charge in [0.05, 0.1) is 55.5 Å². The van der Waals surface area contributed by atoms with E-state index in [0.717, 1.165) is 77.5 Å². The maximum atomic E-state index is 10.7. The number of aryl methyl sites for hydroxylation is 12. The van der Waals surface area contributed by atoms with Crippen LogP contribution >= 0.6 is 46.4 Å². The molecule has 0 unspecified atom stereocenters. The third-order valence-electron chi connectivity index (χ3n) is 15.1. The Hall–Kier alpha value is -7.58. The molecule has 0 amide bonds. The molecular formula is C76H68Cl4Cu2F6N6O6S2. The van der Waals surface area contributed by atoms with Gasteiger partial charge in [0.15, 0.2) is 20.2 Å². The number of nitrogens with zero attached hydrogens (tertiary/aromatic N) is 6. The van der Waals surface area contributed by atoms with E-state index in [1.54, 1.807) is 24.8 Å². The maximum absolute atomic E-state index is 10.7. The molecule has 0 atom stereocenters. The Bertz CT molecular complexity index is 4590. The zero-order chi connectivity index (χ0) is 74.2. The van der Waals surface area contributed by atoms with Crippen molar-refractivity contribution >= 4 is 110 Å². The van der Waals surface area contributed by atoms with Gasteiger partial charge in [0, 0.05) is 79.7 Å². The number of fused-ring (bicyclic) bond motifs is 6. The maximum Gasteiger partial charge on any atom is 1.00 e. The van der Waals surface area contributed by atoms with E-state index in [2.05, 4.69) is 226 Å². The van der Waals surface area contributed by atoms with Gasteiger partial charge < -0.3 is 9.11 Å². The van der Waals surface area contributed by atoms with Crippen LogP contribution in [0.5, 0.6) is 0 Å². The molecule has 0 saturated carbocycles. The van der Waals surface area contributed by atoms with E-state index in [1.165, 1.54) is 89.0 Å². The first-order valence-corrected chi connectivity index (χ1v) is 35.2. The molecule has 12 nitrogen and oxygen atoms in total. The van der Waals surface area contributed by atoms with Crippen molar-refractivity contribution in [3.05, 3.63) is 248 Å². The van der Waals surface area contributed by atoms with E-state index < -0.39 is 31.3 Å². The van der Waals surface area contributed by atoms with E-state index >= 15 is 0 Å².